The number of pyridine rings is 1. The van der Waals surface area contributed by atoms with Gasteiger partial charge < -0.3 is 10.6 Å². The van der Waals surface area contributed by atoms with Crippen LogP contribution in [0.1, 0.15) is 12.5 Å². The summed E-state index contributed by atoms with van der Waals surface area (Å²) in [6.45, 7) is 4.41. The van der Waals surface area contributed by atoms with Gasteiger partial charge in [0.25, 0.3) is 0 Å². The van der Waals surface area contributed by atoms with Crippen LogP contribution in [0.5, 0.6) is 0 Å². The van der Waals surface area contributed by atoms with E-state index in [-0.39, 0.29) is 5.82 Å². The van der Waals surface area contributed by atoms with Crippen molar-refractivity contribution in [2.75, 3.05) is 17.2 Å². The molecule has 0 saturated heterocycles. The van der Waals surface area contributed by atoms with Crippen molar-refractivity contribution in [1.82, 2.24) is 15.0 Å². The summed E-state index contributed by atoms with van der Waals surface area (Å²) in [5, 5.41) is 6.25. The third-order valence-corrected chi connectivity index (χ3v) is 3.48. The van der Waals surface area contributed by atoms with Gasteiger partial charge in [0, 0.05) is 36.3 Å². The minimum absolute atomic E-state index is 0.254. The lowest BCUT2D eigenvalue weighted by Gasteiger charge is -2.11. The summed E-state index contributed by atoms with van der Waals surface area (Å²) < 4.78 is 13.7. The number of nitrogens with zero attached hydrogens (tertiary/aromatic N) is 3. The maximum atomic E-state index is 13.7. The highest BCUT2D eigenvalue weighted by molar-refractivity contribution is 5.67. The molecule has 2 heterocycles. The van der Waals surface area contributed by atoms with Gasteiger partial charge in [0.05, 0.1) is 5.69 Å². The van der Waals surface area contributed by atoms with Crippen LogP contribution in [0, 0.1) is 12.7 Å². The molecule has 24 heavy (non-hydrogen) atoms. The summed E-state index contributed by atoms with van der Waals surface area (Å²) in [6, 6.07) is 10.6. The maximum absolute atomic E-state index is 13.7. The Bertz CT molecular complexity index is 836. The Labute approximate surface area is 140 Å². The molecule has 2 aromatic heterocycles. The molecule has 6 heteroatoms. The van der Waals surface area contributed by atoms with Crippen LogP contribution in [0.4, 0.5) is 21.8 Å². The van der Waals surface area contributed by atoms with E-state index < -0.39 is 0 Å². The van der Waals surface area contributed by atoms with Crippen molar-refractivity contribution in [3.63, 3.8) is 0 Å². The molecule has 0 radical (unpaired) electrons. The normalized spacial score (nSPS) is 10.5. The number of nitrogens with one attached hydrogen (secondary N) is 2. The van der Waals surface area contributed by atoms with E-state index in [1.807, 2.05) is 31.2 Å². The van der Waals surface area contributed by atoms with E-state index in [4.69, 9.17) is 0 Å². The van der Waals surface area contributed by atoms with Crippen LogP contribution in [0.25, 0.3) is 11.3 Å². The number of rotatable bonds is 5. The van der Waals surface area contributed by atoms with Crippen LogP contribution in [0.3, 0.4) is 0 Å². The summed E-state index contributed by atoms with van der Waals surface area (Å²) in [6.07, 6.45) is 3.43. The molecule has 0 atom stereocenters. The van der Waals surface area contributed by atoms with Gasteiger partial charge in [-0.15, -0.1) is 0 Å². The zero-order valence-corrected chi connectivity index (χ0v) is 13.5. The summed E-state index contributed by atoms with van der Waals surface area (Å²) in [7, 11) is 0. The molecule has 0 amide bonds. The second-order valence-corrected chi connectivity index (χ2v) is 5.32. The SMILES string of the molecule is CCNc1nc(Nc2ccc(C)c(F)c2)cc(-c2ccncc2)n1. The van der Waals surface area contributed by atoms with Crippen molar-refractivity contribution in [3.05, 3.63) is 60.2 Å². The summed E-state index contributed by atoms with van der Waals surface area (Å²) in [5.74, 6) is 0.855. The number of aryl methyl sites for hydroxylation is 1. The molecule has 0 unspecified atom stereocenters. The Morgan fingerprint density at radius 3 is 2.54 bits per heavy atom. The highest BCUT2D eigenvalue weighted by Crippen LogP contribution is 2.24. The number of hydrogen-bond donors (Lipinski definition) is 2. The van der Waals surface area contributed by atoms with E-state index in [2.05, 4.69) is 25.6 Å². The van der Waals surface area contributed by atoms with Gasteiger partial charge in [-0.25, -0.2) is 9.37 Å². The number of aromatic nitrogens is 3. The van der Waals surface area contributed by atoms with E-state index in [1.54, 1.807) is 25.4 Å². The quantitative estimate of drug-likeness (QED) is 0.738. The fourth-order valence-electron chi connectivity index (χ4n) is 2.24. The van der Waals surface area contributed by atoms with Crippen molar-refractivity contribution < 1.29 is 4.39 Å². The first-order valence-corrected chi connectivity index (χ1v) is 7.72. The molecule has 0 spiro atoms. The molecule has 1 aromatic carbocycles. The van der Waals surface area contributed by atoms with E-state index in [9.17, 15) is 4.39 Å². The third-order valence-electron chi connectivity index (χ3n) is 3.48. The van der Waals surface area contributed by atoms with Gasteiger partial charge in [-0.3, -0.25) is 4.98 Å². The van der Waals surface area contributed by atoms with Crippen LogP contribution < -0.4 is 10.6 Å². The fourth-order valence-corrected chi connectivity index (χ4v) is 2.24. The molecule has 5 nitrogen and oxygen atoms in total. The van der Waals surface area contributed by atoms with Crippen LogP contribution in [-0.4, -0.2) is 21.5 Å². The average molecular weight is 323 g/mol. The second kappa shape index (κ2) is 7.04. The minimum atomic E-state index is -0.254. The lowest BCUT2D eigenvalue weighted by Crippen LogP contribution is -2.05. The highest BCUT2D eigenvalue weighted by atomic mass is 19.1. The van der Waals surface area contributed by atoms with Crippen LogP contribution in [0.15, 0.2) is 48.8 Å². The number of anilines is 3. The fraction of sp³-hybridized carbons (Fsp3) is 0.167. The summed E-state index contributed by atoms with van der Waals surface area (Å²) in [5.41, 5.74) is 2.94. The smallest absolute Gasteiger partial charge is 0.225 e. The van der Waals surface area contributed by atoms with Crippen molar-refractivity contribution >= 4 is 17.5 Å². The molecule has 3 aromatic rings. The number of hydrogen-bond acceptors (Lipinski definition) is 5. The van der Waals surface area contributed by atoms with Gasteiger partial charge in [-0.1, -0.05) is 6.07 Å². The Kier molecular flexibility index (Phi) is 4.65. The molecular formula is C18H18FN5. The second-order valence-electron chi connectivity index (χ2n) is 5.32. The lowest BCUT2D eigenvalue weighted by molar-refractivity contribution is 0.619. The van der Waals surface area contributed by atoms with E-state index >= 15 is 0 Å². The van der Waals surface area contributed by atoms with Crippen molar-refractivity contribution in [1.29, 1.82) is 0 Å². The standard InChI is InChI=1S/C18H18FN5/c1-3-21-18-23-16(13-6-8-20-9-7-13)11-17(24-18)22-14-5-4-12(2)15(19)10-14/h4-11H,3H2,1-2H3,(H2,21,22,23,24). The molecule has 0 fully saturated rings. The molecule has 122 valence electrons. The first kappa shape index (κ1) is 15.9. The monoisotopic (exact) mass is 323 g/mol. The van der Waals surface area contributed by atoms with Crippen molar-refractivity contribution in [3.8, 4) is 11.3 Å². The topological polar surface area (TPSA) is 62.7 Å². The average Bonchev–Trinajstić information content (AvgIpc) is 2.59. The predicted octanol–water partition coefficient (Wildman–Crippen LogP) is 4.16. The van der Waals surface area contributed by atoms with Crippen molar-refractivity contribution in [2.45, 2.75) is 13.8 Å². The van der Waals surface area contributed by atoms with Gasteiger partial charge in [-0.2, -0.15) is 4.98 Å². The van der Waals surface area contributed by atoms with Gasteiger partial charge >= 0.3 is 0 Å². The molecule has 3 rings (SSSR count). The molecule has 2 N–H and O–H groups in total. The first-order valence-electron chi connectivity index (χ1n) is 7.72. The number of benzene rings is 1. The highest BCUT2D eigenvalue weighted by Gasteiger charge is 2.08. The molecule has 0 aliphatic rings. The van der Waals surface area contributed by atoms with E-state index in [0.717, 1.165) is 11.3 Å². The maximum Gasteiger partial charge on any atom is 0.225 e. The third kappa shape index (κ3) is 3.65. The Hall–Kier alpha value is -3.02. The lowest BCUT2D eigenvalue weighted by atomic mass is 10.2. The molecule has 0 aliphatic carbocycles. The van der Waals surface area contributed by atoms with E-state index in [1.165, 1.54) is 6.07 Å². The van der Waals surface area contributed by atoms with Crippen molar-refractivity contribution in [2.24, 2.45) is 0 Å². The van der Waals surface area contributed by atoms with Crippen LogP contribution >= 0.6 is 0 Å². The molecule has 0 bridgehead atoms. The van der Waals surface area contributed by atoms with Gasteiger partial charge in [0.1, 0.15) is 11.6 Å². The Balaban J connectivity index is 1.97. The molecular weight excluding hydrogens is 305 g/mol. The zero-order chi connectivity index (χ0) is 16.9. The first-order chi connectivity index (χ1) is 11.7. The summed E-state index contributed by atoms with van der Waals surface area (Å²) in [4.78, 5) is 12.9. The van der Waals surface area contributed by atoms with Gasteiger partial charge in [0.15, 0.2) is 0 Å². The minimum Gasteiger partial charge on any atom is -0.354 e. The Morgan fingerprint density at radius 2 is 1.83 bits per heavy atom. The Morgan fingerprint density at radius 1 is 1.04 bits per heavy atom. The van der Waals surface area contributed by atoms with Gasteiger partial charge in [-0.05, 0) is 43.7 Å². The van der Waals surface area contributed by atoms with Crippen LogP contribution in [-0.2, 0) is 0 Å². The molecule has 0 aliphatic heterocycles. The number of halogens is 1. The predicted molar refractivity (Wildman–Crippen MR) is 93.8 cm³/mol. The van der Waals surface area contributed by atoms with Crippen LogP contribution in [0.2, 0.25) is 0 Å². The largest absolute Gasteiger partial charge is 0.354 e. The van der Waals surface area contributed by atoms with Gasteiger partial charge in [0.2, 0.25) is 5.95 Å². The van der Waals surface area contributed by atoms with E-state index in [0.29, 0.717) is 29.6 Å². The molecule has 0 saturated carbocycles. The zero-order valence-electron chi connectivity index (χ0n) is 13.5. The summed E-state index contributed by atoms with van der Waals surface area (Å²) >= 11 is 0.